The lowest BCUT2D eigenvalue weighted by Crippen LogP contribution is -2.40. The number of carbonyl (C=O) groups is 2. The van der Waals surface area contributed by atoms with Crippen LogP contribution in [0.2, 0.25) is 0 Å². The summed E-state index contributed by atoms with van der Waals surface area (Å²) in [6.45, 7) is 4.70. The molecular formula is C27H22FN7O2. The number of benzene rings is 1. The lowest BCUT2D eigenvalue weighted by Gasteiger charge is -2.32. The van der Waals surface area contributed by atoms with E-state index in [0.717, 1.165) is 18.4 Å². The van der Waals surface area contributed by atoms with Crippen molar-refractivity contribution < 1.29 is 14.0 Å². The molecule has 10 heteroatoms. The number of nitrogens with one attached hydrogen (secondary N) is 1. The Morgan fingerprint density at radius 2 is 2.00 bits per heavy atom. The Kier molecular flexibility index (Phi) is 6.43. The van der Waals surface area contributed by atoms with Crippen molar-refractivity contribution in [3.63, 3.8) is 0 Å². The van der Waals surface area contributed by atoms with E-state index in [9.17, 15) is 19.2 Å². The number of anilines is 1. The van der Waals surface area contributed by atoms with Crippen molar-refractivity contribution in [3.05, 3.63) is 84.6 Å². The van der Waals surface area contributed by atoms with E-state index in [1.807, 2.05) is 4.68 Å². The zero-order valence-corrected chi connectivity index (χ0v) is 19.8. The highest BCUT2D eigenvalue weighted by Gasteiger charge is 2.27. The lowest BCUT2D eigenvalue weighted by molar-refractivity contribution is -0.127. The van der Waals surface area contributed by atoms with Gasteiger partial charge in [-0.3, -0.25) is 19.3 Å². The number of hydrogen-bond acceptors (Lipinski definition) is 6. The van der Waals surface area contributed by atoms with Crippen LogP contribution in [0.4, 0.5) is 10.2 Å². The first-order valence-corrected chi connectivity index (χ1v) is 11.7. The maximum atomic E-state index is 13.3. The summed E-state index contributed by atoms with van der Waals surface area (Å²) in [4.78, 5) is 34.5. The number of rotatable bonds is 5. The zero-order valence-electron chi connectivity index (χ0n) is 19.8. The Bertz CT molecular complexity index is 1560. The molecule has 0 saturated carbocycles. The fourth-order valence-corrected chi connectivity index (χ4v) is 4.57. The van der Waals surface area contributed by atoms with Gasteiger partial charge in [-0.15, -0.1) is 0 Å². The Morgan fingerprint density at radius 1 is 1.19 bits per heavy atom. The summed E-state index contributed by atoms with van der Waals surface area (Å²) in [7, 11) is 0. The molecule has 1 aromatic carbocycles. The number of carbonyl (C=O) groups excluding carboxylic acids is 2. The van der Waals surface area contributed by atoms with Gasteiger partial charge in [0.1, 0.15) is 17.6 Å². The smallest absolute Gasteiger partial charge is 0.256 e. The molecule has 0 radical (unpaired) electrons. The number of pyridine rings is 2. The predicted octanol–water partition coefficient (Wildman–Crippen LogP) is 4.11. The lowest BCUT2D eigenvalue weighted by atomic mass is 10.0. The van der Waals surface area contributed by atoms with E-state index >= 15 is 0 Å². The SMILES string of the molecule is C=CC(=O)N1CCC[C@@H](n2nc(-c3ccc(C(=O)Nc4cccc(F)n4)cc3)c3cncc(C#N)c32)C1. The quantitative estimate of drug-likeness (QED) is 0.329. The third-order valence-electron chi connectivity index (χ3n) is 6.34. The van der Waals surface area contributed by atoms with E-state index in [-0.39, 0.29) is 17.8 Å². The van der Waals surface area contributed by atoms with Gasteiger partial charge in [0.25, 0.3) is 5.91 Å². The van der Waals surface area contributed by atoms with E-state index in [1.165, 1.54) is 30.5 Å². The minimum atomic E-state index is -0.684. The molecule has 0 aliphatic carbocycles. The molecule has 37 heavy (non-hydrogen) atoms. The van der Waals surface area contributed by atoms with Gasteiger partial charge in [0.2, 0.25) is 11.9 Å². The summed E-state index contributed by atoms with van der Waals surface area (Å²) < 4.78 is 15.2. The number of likely N-dealkylation sites (tertiary alicyclic amines) is 1. The zero-order chi connectivity index (χ0) is 25.9. The van der Waals surface area contributed by atoms with Crippen molar-refractivity contribution in [2.24, 2.45) is 0 Å². The number of halogens is 1. The van der Waals surface area contributed by atoms with Crippen LogP contribution >= 0.6 is 0 Å². The molecule has 2 amide bonds. The number of piperidine rings is 1. The van der Waals surface area contributed by atoms with Crippen LogP contribution < -0.4 is 5.32 Å². The Morgan fingerprint density at radius 3 is 2.73 bits per heavy atom. The van der Waals surface area contributed by atoms with Gasteiger partial charge >= 0.3 is 0 Å². The minimum Gasteiger partial charge on any atom is -0.337 e. The highest BCUT2D eigenvalue weighted by Crippen LogP contribution is 2.33. The summed E-state index contributed by atoms with van der Waals surface area (Å²) in [5, 5.41) is 17.9. The fourth-order valence-electron chi connectivity index (χ4n) is 4.57. The van der Waals surface area contributed by atoms with Crippen LogP contribution in [0.15, 0.2) is 67.5 Å². The molecule has 1 aliphatic heterocycles. The van der Waals surface area contributed by atoms with Crippen LogP contribution in [0, 0.1) is 17.3 Å². The summed E-state index contributed by atoms with van der Waals surface area (Å²) >= 11 is 0. The normalized spacial score (nSPS) is 15.2. The standard InChI is InChI=1S/C27H22FN7O2/c1-2-24(36)34-12-4-5-20(16-34)35-26-19(13-29)14-30-15-21(26)25(33-35)17-8-10-18(11-9-17)27(37)32-23-7-3-6-22(28)31-23/h2-3,6-11,14-15,20H,1,4-5,12,16H2,(H,31,32,37)/t20-/m1/s1. The van der Waals surface area contributed by atoms with Crippen LogP contribution in [-0.2, 0) is 4.79 Å². The number of hydrogen-bond donors (Lipinski definition) is 1. The molecule has 0 unspecified atom stereocenters. The topological polar surface area (TPSA) is 117 Å². The Hall–Kier alpha value is -4.91. The van der Waals surface area contributed by atoms with Gasteiger partial charge in [-0.25, -0.2) is 4.98 Å². The average molecular weight is 496 g/mol. The molecule has 184 valence electrons. The fraction of sp³-hybridized carbons (Fsp3) is 0.185. The summed E-state index contributed by atoms with van der Waals surface area (Å²) in [6.07, 6.45) is 6.09. The molecule has 1 atom stereocenters. The van der Waals surface area contributed by atoms with Crippen molar-refractivity contribution >= 4 is 28.5 Å². The van der Waals surface area contributed by atoms with Gasteiger partial charge in [-0.2, -0.15) is 14.8 Å². The Balaban J connectivity index is 1.49. The van der Waals surface area contributed by atoms with E-state index < -0.39 is 11.9 Å². The van der Waals surface area contributed by atoms with Crippen LogP contribution in [0.1, 0.15) is 34.8 Å². The number of fused-ring (bicyclic) bond motifs is 1. The maximum Gasteiger partial charge on any atom is 0.256 e. The van der Waals surface area contributed by atoms with Crippen molar-refractivity contribution in [3.8, 4) is 17.3 Å². The van der Waals surface area contributed by atoms with Gasteiger partial charge in [0, 0.05) is 42.0 Å². The molecule has 0 bridgehead atoms. The average Bonchev–Trinajstić information content (AvgIpc) is 3.33. The van der Waals surface area contributed by atoms with Crippen LogP contribution in [0.5, 0.6) is 0 Å². The first-order chi connectivity index (χ1) is 18.0. The molecular weight excluding hydrogens is 473 g/mol. The van der Waals surface area contributed by atoms with E-state index in [4.69, 9.17) is 5.10 Å². The second kappa shape index (κ2) is 9.99. The molecule has 1 saturated heterocycles. The van der Waals surface area contributed by atoms with Gasteiger partial charge < -0.3 is 10.2 Å². The van der Waals surface area contributed by atoms with Gasteiger partial charge in [-0.1, -0.05) is 24.8 Å². The molecule has 1 aliphatic rings. The molecule has 5 rings (SSSR count). The molecule has 9 nitrogen and oxygen atoms in total. The van der Waals surface area contributed by atoms with Gasteiger partial charge in [0.05, 0.1) is 17.1 Å². The first kappa shape index (κ1) is 23.8. The van der Waals surface area contributed by atoms with Crippen molar-refractivity contribution in [1.82, 2.24) is 24.6 Å². The number of aromatic nitrogens is 4. The molecule has 1 N–H and O–H groups in total. The van der Waals surface area contributed by atoms with Crippen molar-refractivity contribution in [2.75, 3.05) is 18.4 Å². The summed E-state index contributed by atoms with van der Waals surface area (Å²) in [6, 6.07) is 13.0. The van der Waals surface area contributed by atoms with Gasteiger partial charge in [-0.05, 0) is 43.2 Å². The maximum absolute atomic E-state index is 13.3. The first-order valence-electron chi connectivity index (χ1n) is 11.7. The molecule has 4 heterocycles. The number of amides is 2. The summed E-state index contributed by atoms with van der Waals surface area (Å²) in [5.74, 6) is -1.13. The van der Waals surface area contributed by atoms with Crippen molar-refractivity contribution in [2.45, 2.75) is 18.9 Å². The summed E-state index contributed by atoms with van der Waals surface area (Å²) in [5.41, 5.74) is 2.76. The molecule has 4 aromatic rings. The number of nitriles is 1. The van der Waals surface area contributed by atoms with E-state index in [1.54, 1.807) is 35.4 Å². The third-order valence-corrected chi connectivity index (χ3v) is 6.34. The van der Waals surface area contributed by atoms with E-state index in [0.29, 0.717) is 40.8 Å². The van der Waals surface area contributed by atoms with Gasteiger partial charge in [0.15, 0.2) is 0 Å². The minimum absolute atomic E-state index is 0.116. The second-order valence-electron chi connectivity index (χ2n) is 8.65. The molecule has 1 fully saturated rings. The Labute approximate surface area is 211 Å². The molecule has 3 aromatic heterocycles. The number of nitrogens with zero attached hydrogens (tertiary/aromatic N) is 6. The van der Waals surface area contributed by atoms with Crippen LogP contribution in [-0.4, -0.2) is 49.6 Å². The van der Waals surface area contributed by atoms with Crippen molar-refractivity contribution in [1.29, 1.82) is 5.26 Å². The molecule has 0 spiro atoms. The monoisotopic (exact) mass is 495 g/mol. The largest absolute Gasteiger partial charge is 0.337 e. The van der Waals surface area contributed by atoms with E-state index in [2.05, 4.69) is 27.9 Å². The second-order valence-corrected chi connectivity index (χ2v) is 8.65. The predicted molar refractivity (Wildman–Crippen MR) is 135 cm³/mol. The highest BCUT2D eigenvalue weighted by molar-refractivity contribution is 6.04. The third kappa shape index (κ3) is 4.67. The van der Waals surface area contributed by atoms with Crippen LogP contribution in [0.25, 0.3) is 22.2 Å². The highest BCUT2D eigenvalue weighted by atomic mass is 19.1. The van der Waals surface area contributed by atoms with Crippen LogP contribution in [0.3, 0.4) is 0 Å².